The molecule has 0 spiro atoms. The summed E-state index contributed by atoms with van der Waals surface area (Å²) < 4.78 is 15.6. The van der Waals surface area contributed by atoms with Gasteiger partial charge >= 0.3 is 5.69 Å². The normalized spacial score (nSPS) is 12.7. The van der Waals surface area contributed by atoms with Crippen molar-refractivity contribution in [3.05, 3.63) is 62.3 Å². The van der Waals surface area contributed by atoms with Crippen LogP contribution in [0.1, 0.15) is 45.1 Å². The van der Waals surface area contributed by atoms with Crippen LogP contribution in [0.4, 0.5) is 4.39 Å². The Morgan fingerprint density at radius 2 is 1.73 bits per heavy atom. The van der Waals surface area contributed by atoms with E-state index in [0.717, 1.165) is 21.9 Å². The number of rotatable bonds is 5. The largest absolute Gasteiger partial charge is 0.338 e. The Morgan fingerprint density at radius 1 is 1.12 bits per heavy atom. The summed E-state index contributed by atoms with van der Waals surface area (Å²) in [6, 6.07) is 5.75. The molecule has 1 amide bonds. The first-order chi connectivity index (χ1) is 15.3. The summed E-state index contributed by atoms with van der Waals surface area (Å²) in [5, 5.41) is 0.567. The van der Waals surface area contributed by atoms with E-state index in [2.05, 4.69) is 9.97 Å². The summed E-state index contributed by atoms with van der Waals surface area (Å²) >= 11 is 1.14. The van der Waals surface area contributed by atoms with Crippen molar-refractivity contribution in [3.63, 3.8) is 0 Å². The van der Waals surface area contributed by atoms with Crippen molar-refractivity contribution in [1.29, 1.82) is 0 Å². The fraction of sp³-hybridized carbons (Fsp3) is 0.435. The van der Waals surface area contributed by atoms with Crippen LogP contribution in [0.5, 0.6) is 0 Å². The fourth-order valence-corrected chi connectivity index (χ4v) is 4.22. The molecule has 3 rings (SSSR count). The van der Waals surface area contributed by atoms with Gasteiger partial charge in [0.1, 0.15) is 22.1 Å². The summed E-state index contributed by atoms with van der Waals surface area (Å²) in [5.74, 6) is -0.00970. The van der Waals surface area contributed by atoms with Crippen LogP contribution >= 0.6 is 11.8 Å². The zero-order valence-electron chi connectivity index (χ0n) is 19.8. The standard InChI is InChI=1S/C23H28FN5O3S/c1-13(14-8-10-15(24)11-9-14)27(5)16(30)12-33-19-17-18(25-21(26-19)23(2,3)4)28(6)22(32)29(7)20(17)31/h8-11,13H,12H2,1-7H3. The molecule has 2 aromatic heterocycles. The van der Waals surface area contributed by atoms with Crippen LogP contribution in [0, 0.1) is 5.82 Å². The smallest absolute Gasteiger partial charge is 0.332 e. The Labute approximate surface area is 195 Å². The molecule has 33 heavy (non-hydrogen) atoms. The van der Waals surface area contributed by atoms with Crippen LogP contribution in [-0.2, 0) is 24.3 Å². The fourth-order valence-electron chi connectivity index (χ4n) is 3.28. The Morgan fingerprint density at radius 3 is 2.30 bits per heavy atom. The molecule has 1 atom stereocenters. The lowest BCUT2D eigenvalue weighted by atomic mass is 9.96. The molecule has 1 unspecified atom stereocenters. The van der Waals surface area contributed by atoms with Gasteiger partial charge in [-0.3, -0.25) is 18.7 Å². The maximum absolute atomic E-state index is 13.2. The second-order valence-corrected chi connectivity index (χ2v) is 9.99. The maximum atomic E-state index is 13.2. The van der Waals surface area contributed by atoms with Gasteiger partial charge < -0.3 is 4.90 Å². The van der Waals surface area contributed by atoms with Gasteiger partial charge in [-0.1, -0.05) is 44.7 Å². The number of benzene rings is 1. The SMILES string of the molecule is CC(c1ccc(F)cc1)N(C)C(=O)CSc1nc(C(C)(C)C)nc2c1c(=O)n(C)c(=O)n2C. The van der Waals surface area contributed by atoms with Crippen molar-refractivity contribution in [2.45, 2.75) is 44.2 Å². The van der Waals surface area contributed by atoms with E-state index >= 15 is 0 Å². The van der Waals surface area contributed by atoms with E-state index in [1.807, 2.05) is 27.7 Å². The van der Waals surface area contributed by atoms with E-state index in [1.54, 1.807) is 31.1 Å². The molecule has 0 radical (unpaired) electrons. The number of carbonyl (C=O) groups is 1. The van der Waals surface area contributed by atoms with Gasteiger partial charge in [-0.2, -0.15) is 0 Å². The van der Waals surface area contributed by atoms with E-state index in [0.29, 0.717) is 10.9 Å². The van der Waals surface area contributed by atoms with Gasteiger partial charge in [0.15, 0.2) is 5.65 Å². The van der Waals surface area contributed by atoms with Crippen LogP contribution in [0.2, 0.25) is 0 Å². The van der Waals surface area contributed by atoms with Crippen molar-refractivity contribution in [2.75, 3.05) is 12.8 Å². The lowest BCUT2D eigenvalue weighted by molar-refractivity contribution is -0.128. The number of amides is 1. The second-order valence-electron chi connectivity index (χ2n) is 9.03. The Kier molecular flexibility index (Phi) is 6.78. The second kappa shape index (κ2) is 9.09. The minimum atomic E-state index is -0.503. The van der Waals surface area contributed by atoms with E-state index in [9.17, 15) is 18.8 Å². The lowest BCUT2D eigenvalue weighted by Crippen LogP contribution is -2.38. The van der Waals surface area contributed by atoms with Gasteiger partial charge in [0, 0.05) is 26.6 Å². The maximum Gasteiger partial charge on any atom is 0.332 e. The molecule has 0 aliphatic heterocycles. The number of nitrogens with zero attached hydrogens (tertiary/aromatic N) is 5. The molecule has 0 saturated heterocycles. The van der Waals surface area contributed by atoms with Crippen molar-refractivity contribution < 1.29 is 9.18 Å². The third-order valence-electron chi connectivity index (χ3n) is 5.60. The number of aryl methyl sites for hydroxylation is 1. The van der Waals surface area contributed by atoms with Gasteiger partial charge in [0.2, 0.25) is 5.91 Å². The van der Waals surface area contributed by atoms with Crippen LogP contribution in [0.15, 0.2) is 38.9 Å². The molecule has 10 heteroatoms. The van der Waals surface area contributed by atoms with Crippen LogP contribution in [-0.4, -0.2) is 42.7 Å². The third-order valence-corrected chi connectivity index (χ3v) is 6.56. The molecular formula is C23H28FN5O3S. The molecule has 8 nitrogen and oxygen atoms in total. The summed E-state index contributed by atoms with van der Waals surface area (Å²) in [5.41, 5.74) is -0.365. The quantitative estimate of drug-likeness (QED) is 0.418. The zero-order valence-corrected chi connectivity index (χ0v) is 20.7. The molecule has 2 heterocycles. The molecule has 176 valence electrons. The number of aromatic nitrogens is 4. The van der Waals surface area contributed by atoms with Crippen LogP contribution < -0.4 is 11.2 Å². The van der Waals surface area contributed by atoms with E-state index in [4.69, 9.17) is 0 Å². The highest BCUT2D eigenvalue weighted by Gasteiger charge is 2.25. The van der Waals surface area contributed by atoms with Crippen molar-refractivity contribution in [2.24, 2.45) is 14.1 Å². The predicted molar refractivity (Wildman–Crippen MR) is 127 cm³/mol. The monoisotopic (exact) mass is 473 g/mol. The highest BCUT2D eigenvalue weighted by Crippen LogP contribution is 2.28. The molecule has 0 aliphatic carbocycles. The Bertz CT molecular complexity index is 1330. The lowest BCUT2D eigenvalue weighted by Gasteiger charge is -2.25. The predicted octanol–water partition coefficient (Wildman–Crippen LogP) is 2.78. The Balaban J connectivity index is 1.98. The van der Waals surface area contributed by atoms with Gasteiger partial charge in [0.25, 0.3) is 5.56 Å². The summed E-state index contributed by atoms with van der Waals surface area (Å²) in [6.07, 6.45) is 0. The number of carbonyl (C=O) groups excluding carboxylic acids is 1. The van der Waals surface area contributed by atoms with Crippen molar-refractivity contribution in [3.8, 4) is 0 Å². The number of hydrogen-bond donors (Lipinski definition) is 0. The molecule has 0 aliphatic rings. The topological polar surface area (TPSA) is 90.1 Å². The minimum Gasteiger partial charge on any atom is -0.338 e. The highest BCUT2D eigenvalue weighted by atomic mass is 32.2. The van der Waals surface area contributed by atoms with Gasteiger partial charge in [-0.15, -0.1) is 0 Å². The molecular weight excluding hydrogens is 445 g/mol. The van der Waals surface area contributed by atoms with Gasteiger partial charge in [0.05, 0.1) is 11.8 Å². The molecule has 0 fully saturated rings. The number of hydrogen-bond acceptors (Lipinski definition) is 6. The first-order valence-electron chi connectivity index (χ1n) is 10.4. The van der Waals surface area contributed by atoms with Crippen LogP contribution in [0.25, 0.3) is 11.0 Å². The Hall–Kier alpha value is -3.01. The average molecular weight is 474 g/mol. The molecule has 3 aromatic rings. The number of thioether (sulfide) groups is 1. The van der Waals surface area contributed by atoms with Gasteiger partial charge in [-0.25, -0.2) is 19.2 Å². The molecule has 0 N–H and O–H groups in total. The van der Waals surface area contributed by atoms with E-state index in [-0.39, 0.29) is 34.6 Å². The highest BCUT2D eigenvalue weighted by molar-refractivity contribution is 8.00. The molecule has 1 aromatic carbocycles. The first-order valence-corrected chi connectivity index (χ1v) is 11.4. The first kappa shape index (κ1) is 24.6. The zero-order chi connectivity index (χ0) is 24.7. The summed E-state index contributed by atoms with van der Waals surface area (Å²) in [6.45, 7) is 7.67. The van der Waals surface area contributed by atoms with Crippen molar-refractivity contribution >= 4 is 28.7 Å². The summed E-state index contributed by atoms with van der Waals surface area (Å²) in [4.78, 5) is 49.0. The minimum absolute atomic E-state index is 0.0315. The number of halogens is 1. The van der Waals surface area contributed by atoms with E-state index in [1.165, 1.54) is 23.7 Å². The molecule has 0 saturated carbocycles. The van der Waals surface area contributed by atoms with Gasteiger partial charge in [-0.05, 0) is 24.6 Å². The van der Waals surface area contributed by atoms with Crippen molar-refractivity contribution in [1.82, 2.24) is 24.0 Å². The summed E-state index contributed by atoms with van der Waals surface area (Å²) in [7, 11) is 4.64. The third kappa shape index (κ3) is 4.85. The van der Waals surface area contributed by atoms with E-state index < -0.39 is 16.7 Å². The number of fused-ring (bicyclic) bond motifs is 1. The average Bonchev–Trinajstić information content (AvgIpc) is 2.77. The van der Waals surface area contributed by atoms with Crippen LogP contribution in [0.3, 0.4) is 0 Å². The molecule has 0 bridgehead atoms.